The van der Waals surface area contributed by atoms with Crippen molar-refractivity contribution in [3.63, 3.8) is 0 Å². The third-order valence-corrected chi connectivity index (χ3v) is 2.24. The number of hydrogen-bond acceptors (Lipinski definition) is 1. The number of hydrogen-bond donors (Lipinski definition) is 1. The Hall–Kier alpha value is -1.12. The molecule has 1 aromatic heterocycles. The Balaban J connectivity index is 3.18. The molecule has 0 atom stereocenters. The van der Waals surface area contributed by atoms with Crippen LogP contribution in [0, 0.1) is 18.8 Å². The molecule has 0 spiro atoms. The smallest absolute Gasteiger partial charge is 0.240 e. The van der Waals surface area contributed by atoms with Gasteiger partial charge in [0.2, 0.25) is 5.95 Å². The molecule has 1 aromatic rings. The van der Waals surface area contributed by atoms with Crippen LogP contribution in [0.3, 0.4) is 0 Å². The number of nitrogens with zero attached hydrogens (tertiary/aromatic N) is 1. The molecule has 1 N–H and O–H groups in total. The van der Waals surface area contributed by atoms with Crippen molar-refractivity contribution in [2.75, 3.05) is 0 Å². The number of halogens is 1. The first-order valence-electron chi connectivity index (χ1n) is 4.98. The van der Waals surface area contributed by atoms with Gasteiger partial charge >= 0.3 is 0 Å². The molecule has 1 heterocycles. The van der Waals surface area contributed by atoms with Gasteiger partial charge in [0.05, 0.1) is 5.56 Å². The van der Waals surface area contributed by atoms with Crippen molar-refractivity contribution in [1.29, 1.82) is 0 Å². The highest BCUT2D eigenvalue weighted by molar-refractivity contribution is 5.68. The molecule has 0 aliphatic heterocycles. The highest BCUT2D eigenvalue weighted by Crippen LogP contribution is 2.27. The van der Waals surface area contributed by atoms with E-state index in [-0.39, 0.29) is 0 Å². The molecule has 0 bridgehead atoms. The van der Waals surface area contributed by atoms with E-state index in [1.807, 2.05) is 6.92 Å². The molecule has 3 heteroatoms. The summed E-state index contributed by atoms with van der Waals surface area (Å²) in [6.07, 6.45) is 2.98. The van der Waals surface area contributed by atoms with E-state index in [9.17, 15) is 4.39 Å². The van der Waals surface area contributed by atoms with Gasteiger partial charge in [0.1, 0.15) is 0 Å². The second kappa shape index (κ2) is 4.40. The minimum Gasteiger partial charge on any atom is -0.279 e. The monoisotopic (exact) mass is 196 g/mol. The molecule has 0 fully saturated rings. The maximum atomic E-state index is 13.4. The van der Waals surface area contributed by atoms with Crippen LogP contribution in [0.15, 0.2) is 6.08 Å². The number of allylic oxidation sites excluding steroid dienone is 2. The number of aromatic amines is 1. The Labute approximate surface area is 84.2 Å². The van der Waals surface area contributed by atoms with Crippen molar-refractivity contribution in [2.45, 2.75) is 34.1 Å². The lowest BCUT2D eigenvalue weighted by Gasteiger charge is -2.10. The van der Waals surface area contributed by atoms with Gasteiger partial charge in [-0.2, -0.15) is 4.39 Å². The fraction of sp³-hybridized carbons (Fsp3) is 0.545. The predicted molar refractivity (Wildman–Crippen MR) is 56.4 cm³/mol. The van der Waals surface area contributed by atoms with Crippen LogP contribution in [0.4, 0.5) is 4.39 Å². The van der Waals surface area contributed by atoms with E-state index in [4.69, 9.17) is 0 Å². The van der Waals surface area contributed by atoms with Crippen molar-refractivity contribution in [3.8, 4) is 0 Å². The van der Waals surface area contributed by atoms with E-state index < -0.39 is 5.95 Å². The van der Waals surface area contributed by atoms with Crippen LogP contribution >= 0.6 is 0 Å². The zero-order valence-corrected chi connectivity index (χ0v) is 9.19. The van der Waals surface area contributed by atoms with E-state index in [2.05, 4.69) is 37.0 Å². The van der Waals surface area contributed by atoms with Gasteiger partial charge < -0.3 is 0 Å². The fourth-order valence-electron chi connectivity index (χ4n) is 1.58. The minimum atomic E-state index is -0.393. The molecule has 0 aromatic carbocycles. The third-order valence-electron chi connectivity index (χ3n) is 2.24. The summed E-state index contributed by atoms with van der Waals surface area (Å²) in [6.45, 7) is 8.02. The molecule has 0 saturated heterocycles. The number of aromatic nitrogens is 2. The molecule has 1 rings (SSSR count). The lowest BCUT2D eigenvalue weighted by Crippen LogP contribution is -1.97. The Morgan fingerprint density at radius 1 is 1.57 bits per heavy atom. The van der Waals surface area contributed by atoms with Crippen LogP contribution in [-0.2, 0) is 0 Å². The summed E-state index contributed by atoms with van der Waals surface area (Å²) in [7, 11) is 0. The number of H-pyrrole nitrogens is 1. The molecule has 2 nitrogen and oxygen atoms in total. The SMILES string of the molecule is CC/C=C(\c1c(F)n[nH]c1C)C(C)C. The lowest BCUT2D eigenvalue weighted by atomic mass is 9.95. The van der Waals surface area contributed by atoms with Gasteiger partial charge in [-0.3, -0.25) is 5.10 Å². The van der Waals surface area contributed by atoms with Crippen molar-refractivity contribution < 1.29 is 4.39 Å². The van der Waals surface area contributed by atoms with Crippen molar-refractivity contribution in [1.82, 2.24) is 10.2 Å². The van der Waals surface area contributed by atoms with Gasteiger partial charge in [0.25, 0.3) is 0 Å². The van der Waals surface area contributed by atoms with E-state index >= 15 is 0 Å². The number of nitrogens with one attached hydrogen (secondary N) is 1. The predicted octanol–water partition coefficient (Wildman–Crippen LogP) is 3.31. The van der Waals surface area contributed by atoms with Crippen LogP contribution in [-0.4, -0.2) is 10.2 Å². The molecule has 0 unspecified atom stereocenters. The maximum Gasteiger partial charge on any atom is 0.240 e. The average molecular weight is 196 g/mol. The van der Waals surface area contributed by atoms with E-state index in [1.54, 1.807) is 0 Å². The summed E-state index contributed by atoms with van der Waals surface area (Å²) in [5.41, 5.74) is 2.48. The van der Waals surface area contributed by atoms with Crippen molar-refractivity contribution in [3.05, 3.63) is 23.3 Å². The second-order valence-corrected chi connectivity index (χ2v) is 3.74. The van der Waals surface area contributed by atoms with Gasteiger partial charge in [-0.25, -0.2) is 0 Å². The number of aryl methyl sites for hydroxylation is 1. The maximum absolute atomic E-state index is 13.4. The van der Waals surface area contributed by atoms with Gasteiger partial charge in [-0.1, -0.05) is 26.8 Å². The first kappa shape index (κ1) is 11.0. The van der Waals surface area contributed by atoms with Crippen molar-refractivity contribution in [2.24, 2.45) is 5.92 Å². The summed E-state index contributed by atoms with van der Waals surface area (Å²) in [4.78, 5) is 0. The topological polar surface area (TPSA) is 28.7 Å². The Morgan fingerprint density at radius 2 is 2.21 bits per heavy atom. The average Bonchev–Trinajstić information content (AvgIpc) is 2.43. The van der Waals surface area contributed by atoms with Crippen LogP contribution < -0.4 is 0 Å². The summed E-state index contributed by atoms with van der Waals surface area (Å²) in [5, 5.41) is 6.23. The van der Waals surface area contributed by atoms with E-state index in [1.165, 1.54) is 0 Å². The van der Waals surface area contributed by atoms with Gasteiger partial charge in [0, 0.05) is 5.69 Å². The van der Waals surface area contributed by atoms with Gasteiger partial charge in [-0.05, 0) is 24.8 Å². The highest BCUT2D eigenvalue weighted by atomic mass is 19.1. The normalized spacial score (nSPS) is 12.6. The number of rotatable bonds is 3. The molecular formula is C11H17FN2. The first-order chi connectivity index (χ1) is 6.57. The van der Waals surface area contributed by atoms with E-state index in [0.29, 0.717) is 11.5 Å². The minimum absolute atomic E-state index is 0.320. The molecule has 0 aliphatic carbocycles. The largest absolute Gasteiger partial charge is 0.279 e. The zero-order valence-electron chi connectivity index (χ0n) is 9.19. The van der Waals surface area contributed by atoms with Crippen LogP contribution in [0.25, 0.3) is 5.57 Å². The summed E-state index contributed by atoms with van der Waals surface area (Å²) in [6, 6.07) is 0. The summed E-state index contributed by atoms with van der Waals surface area (Å²) in [5.74, 6) is -0.0725. The molecule has 0 aliphatic rings. The fourth-order valence-corrected chi connectivity index (χ4v) is 1.58. The molecular weight excluding hydrogens is 179 g/mol. The summed E-state index contributed by atoms with van der Waals surface area (Å²) >= 11 is 0. The third kappa shape index (κ3) is 2.03. The molecule has 78 valence electrons. The molecule has 0 amide bonds. The van der Waals surface area contributed by atoms with Crippen LogP contribution in [0.1, 0.15) is 38.4 Å². The first-order valence-corrected chi connectivity index (χ1v) is 4.98. The zero-order chi connectivity index (χ0) is 10.7. The molecule has 14 heavy (non-hydrogen) atoms. The van der Waals surface area contributed by atoms with Crippen molar-refractivity contribution >= 4 is 5.57 Å². The standard InChI is InChI=1S/C11H17FN2/c1-5-6-9(7(2)3)10-8(4)13-14-11(10)12/h6-7H,5H2,1-4H3,(H,13,14)/b9-6-. The second-order valence-electron chi connectivity index (χ2n) is 3.74. The molecule has 0 saturated carbocycles. The highest BCUT2D eigenvalue weighted by Gasteiger charge is 2.16. The Kier molecular flexibility index (Phi) is 3.44. The van der Waals surface area contributed by atoms with E-state index in [0.717, 1.165) is 17.7 Å². The quantitative estimate of drug-likeness (QED) is 0.789. The summed E-state index contributed by atoms with van der Waals surface area (Å²) < 4.78 is 13.4. The van der Waals surface area contributed by atoms with Crippen LogP contribution in [0.2, 0.25) is 0 Å². The molecule has 0 radical (unpaired) electrons. The Bertz CT molecular complexity index is 318. The lowest BCUT2D eigenvalue weighted by molar-refractivity contribution is 0.574. The Morgan fingerprint density at radius 3 is 2.57 bits per heavy atom. The van der Waals surface area contributed by atoms with Gasteiger partial charge in [-0.15, -0.1) is 5.10 Å². The van der Waals surface area contributed by atoms with Gasteiger partial charge in [0.15, 0.2) is 0 Å². The van der Waals surface area contributed by atoms with Crippen LogP contribution in [0.5, 0.6) is 0 Å².